The normalized spacial score (nSPS) is 12.5. The van der Waals surface area contributed by atoms with Crippen molar-refractivity contribution in [1.82, 2.24) is 15.5 Å². The average molecular weight is 430 g/mol. The largest absolute Gasteiger partial charge is 0.350 e. The number of carbonyl (C=O) groups is 3. The van der Waals surface area contributed by atoms with Crippen molar-refractivity contribution in [2.75, 3.05) is 13.6 Å². The van der Waals surface area contributed by atoms with E-state index in [0.717, 1.165) is 0 Å². The summed E-state index contributed by atoms with van der Waals surface area (Å²) in [6.45, 7) is 9.41. The highest BCUT2D eigenvalue weighted by atomic mass is 35.5. The standard InChI is InChI=1S/C20H29Cl2N3O3/c1-12(2)9-16(19(28)25(6)11-17(26)24-20(3,4)5)23-18(27)14-8-7-13(21)10-15(14)22/h7-8,10,12,16H,9,11H2,1-6H3,(H,23,27)(H,24,26)/t16-/m1/s1. The minimum absolute atomic E-state index is 0.0950. The van der Waals surface area contributed by atoms with Crippen LogP contribution < -0.4 is 10.6 Å². The van der Waals surface area contributed by atoms with Gasteiger partial charge in [-0.3, -0.25) is 14.4 Å². The Morgan fingerprint density at radius 1 is 1.14 bits per heavy atom. The smallest absolute Gasteiger partial charge is 0.253 e. The van der Waals surface area contributed by atoms with Crippen molar-refractivity contribution in [2.24, 2.45) is 5.92 Å². The summed E-state index contributed by atoms with van der Waals surface area (Å²) in [6.07, 6.45) is 0.432. The average Bonchev–Trinajstić information content (AvgIpc) is 2.50. The fourth-order valence-electron chi connectivity index (χ4n) is 2.62. The number of hydrogen-bond donors (Lipinski definition) is 2. The van der Waals surface area contributed by atoms with Crippen LogP contribution >= 0.6 is 23.2 Å². The van der Waals surface area contributed by atoms with Gasteiger partial charge in [0.1, 0.15) is 6.04 Å². The summed E-state index contributed by atoms with van der Waals surface area (Å²) in [4.78, 5) is 38.9. The number of hydrogen-bond acceptors (Lipinski definition) is 3. The van der Waals surface area contributed by atoms with Crippen LogP contribution in [0.5, 0.6) is 0 Å². The quantitative estimate of drug-likeness (QED) is 0.695. The van der Waals surface area contributed by atoms with Crippen molar-refractivity contribution < 1.29 is 14.4 Å². The molecule has 0 spiro atoms. The van der Waals surface area contributed by atoms with Crippen LogP contribution in [-0.2, 0) is 9.59 Å². The van der Waals surface area contributed by atoms with Crippen LogP contribution in [0.2, 0.25) is 10.0 Å². The number of amides is 3. The molecule has 0 bridgehead atoms. The second kappa shape index (κ2) is 10.1. The van der Waals surface area contributed by atoms with E-state index in [1.165, 1.54) is 17.0 Å². The summed E-state index contributed by atoms with van der Waals surface area (Å²) in [7, 11) is 1.54. The molecule has 0 unspecified atom stereocenters. The van der Waals surface area contributed by atoms with Crippen LogP contribution in [0.3, 0.4) is 0 Å². The maximum absolute atomic E-state index is 12.9. The Balaban J connectivity index is 2.89. The summed E-state index contributed by atoms with van der Waals surface area (Å²) < 4.78 is 0. The number of halogens is 2. The summed E-state index contributed by atoms with van der Waals surface area (Å²) >= 11 is 12.0. The van der Waals surface area contributed by atoms with Gasteiger partial charge in [-0.1, -0.05) is 37.0 Å². The summed E-state index contributed by atoms with van der Waals surface area (Å²) in [5, 5.41) is 6.18. The molecule has 156 valence electrons. The van der Waals surface area contributed by atoms with E-state index in [-0.39, 0.29) is 34.9 Å². The number of nitrogens with one attached hydrogen (secondary N) is 2. The minimum atomic E-state index is -0.772. The zero-order valence-corrected chi connectivity index (χ0v) is 18.7. The van der Waals surface area contributed by atoms with E-state index >= 15 is 0 Å². The van der Waals surface area contributed by atoms with Gasteiger partial charge in [0.2, 0.25) is 11.8 Å². The molecule has 0 heterocycles. The van der Waals surface area contributed by atoms with E-state index in [4.69, 9.17) is 23.2 Å². The number of likely N-dealkylation sites (N-methyl/N-ethyl adjacent to an activating group) is 1. The predicted molar refractivity (Wildman–Crippen MR) is 113 cm³/mol. The molecule has 28 heavy (non-hydrogen) atoms. The first kappa shape index (κ1) is 24.2. The highest BCUT2D eigenvalue weighted by molar-refractivity contribution is 6.36. The van der Waals surface area contributed by atoms with Crippen molar-refractivity contribution in [3.8, 4) is 0 Å². The molecular weight excluding hydrogens is 401 g/mol. The third-order valence-corrected chi connectivity index (χ3v) is 4.31. The Morgan fingerprint density at radius 3 is 2.25 bits per heavy atom. The van der Waals surface area contributed by atoms with Gasteiger partial charge in [0.15, 0.2) is 0 Å². The van der Waals surface area contributed by atoms with Crippen LogP contribution in [0.1, 0.15) is 51.4 Å². The molecule has 8 heteroatoms. The molecule has 1 rings (SSSR count). The van der Waals surface area contributed by atoms with Gasteiger partial charge in [-0.2, -0.15) is 0 Å². The summed E-state index contributed by atoms with van der Waals surface area (Å²) in [5.41, 5.74) is -0.154. The van der Waals surface area contributed by atoms with Crippen LogP contribution in [0, 0.1) is 5.92 Å². The maximum atomic E-state index is 12.9. The second-order valence-electron chi connectivity index (χ2n) is 8.27. The Labute approximate surface area is 176 Å². The van der Waals surface area contributed by atoms with Gasteiger partial charge in [0.25, 0.3) is 5.91 Å². The number of rotatable bonds is 7. The van der Waals surface area contributed by atoms with Crippen LogP contribution in [-0.4, -0.2) is 47.8 Å². The second-order valence-corrected chi connectivity index (χ2v) is 9.12. The lowest BCUT2D eigenvalue weighted by Gasteiger charge is -2.27. The Kier molecular flexibility index (Phi) is 8.76. The lowest BCUT2D eigenvalue weighted by Crippen LogP contribution is -2.52. The Hall–Kier alpha value is -1.79. The zero-order chi connectivity index (χ0) is 21.6. The lowest BCUT2D eigenvalue weighted by atomic mass is 10.0. The topological polar surface area (TPSA) is 78.5 Å². The van der Waals surface area contributed by atoms with Crippen molar-refractivity contribution in [1.29, 1.82) is 0 Å². The van der Waals surface area contributed by atoms with Gasteiger partial charge in [-0.25, -0.2) is 0 Å². The molecule has 0 saturated carbocycles. The lowest BCUT2D eigenvalue weighted by molar-refractivity contribution is -0.137. The molecule has 2 N–H and O–H groups in total. The molecule has 0 aliphatic carbocycles. The fourth-order valence-corrected chi connectivity index (χ4v) is 3.11. The van der Waals surface area contributed by atoms with E-state index in [2.05, 4.69) is 10.6 Å². The van der Waals surface area contributed by atoms with E-state index in [0.29, 0.717) is 11.4 Å². The number of carbonyl (C=O) groups excluding carboxylic acids is 3. The van der Waals surface area contributed by atoms with Crippen molar-refractivity contribution in [2.45, 2.75) is 52.6 Å². The van der Waals surface area contributed by atoms with Gasteiger partial charge in [0, 0.05) is 17.6 Å². The fraction of sp³-hybridized carbons (Fsp3) is 0.550. The Morgan fingerprint density at radius 2 is 1.75 bits per heavy atom. The highest BCUT2D eigenvalue weighted by Gasteiger charge is 2.27. The molecule has 6 nitrogen and oxygen atoms in total. The summed E-state index contributed by atoms with van der Waals surface area (Å²) in [6, 6.07) is 3.77. The molecule has 1 atom stereocenters. The minimum Gasteiger partial charge on any atom is -0.350 e. The molecule has 0 saturated heterocycles. The van der Waals surface area contributed by atoms with E-state index in [1.807, 2.05) is 34.6 Å². The molecule has 0 aromatic heterocycles. The predicted octanol–water partition coefficient (Wildman–Crippen LogP) is 3.51. The number of nitrogens with zero attached hydrogens (tertiary/aromatic N) is 1. The van der Waals surface area contributed by atoms with Crippen molar-refractivity contribution in [3.63, 3.8) is 0 Å². The first-order chi connectivity index (χ1) is 12.8. The zero-order valence-electron chi connectivity index (χ0n) is 17.2. The van der Waals surface area contributed by atoms with Gasteiger partial charge in [0.05, 0.1) is 17.1 Å². The molecule has 3 amide bonds. The summed E-state index contributed by atoms with van der Waals surface area (Å²) in [5.74, 6) is -0.908. The van der Waals surface area contributed by atoms with Gasteiger partial charge in [-0.15, -0.1) is 0 Å². The van der Waals surface area contributed by atoms with Crippen LogP contribution in [0.4, 0.5) is 0 Å². The third-order valence-electron chi connectivity index (χ3n) is 3.76. The van der Waals surface area contributed by atoms with E-state index in [1.54, 1.807) is 13.1 Å². The van der Waals surface area contributed by atoms with Gasteiger partial charge >= 0.3 is 0 Å². The number of benzene rings is 1. The maximum Gasteiger partial charge on any atom is 0.253 e. The molecule has 0 aliphatic heterocycles. The van der Waals surface area contributed by atoms with Crippen molar-refractivity contribution >= 4 is 40.9 Å². The van der Waals surface area contributed by atoms with Crippen LogP contribution in [0.15, 0.2) is 18.2 Å². The first-order valence-corrected chi connectivity index (χ1v) is 9.87. The molecule has 1 aromatic rings. The third kappa shape index (κ3) is 8.07. The molecule has 0 aliphatic rings. The van der Waals surface area contributed by atoms with E-state index < -0.39 is 17.5 Å². The van der Waals surface area contributed by atoms with E-state index in [9.17, 15) is 14.4 Å². The first-order valence-electron chi connectivity index (χ1n) is 9.12. The highest BCUT2D eigenvalue weighted by Crippen LogP contribution is 2.21. The monoisotopic (exact) mass is 429 g/mol. The van der Waals surface area contributed by atoms with Gasteiger partial charge < -0.3 is 15.5 Å². The SMILES string of the molecule is CC(C)C[C@@H](NC(=O)c1ccc(Cl)cc1Cl)C(=O)N(C)CC(=O)NC(C)(C)C. The van der Waals surface area contributed by atoms with Crippen molar-refractivity contribution in [3.05, 3.63) is 33.8 Å². The molecular formula is C20H29Cl2N3O3. The molecule has 1 aromatic carbocycles. The molecule has 0 fully saturated rings. The van der Waals surface area contributed by atoms with Crippen LogP contribution in [0.25, 0.3) is 0 Å². The Bertz CT molecular complexity index is 730. The molecule has 0 radical (unpaired) electrons. The van der Waals surface area contributed by atoms with Gasteiger partial charge in [-0.05, 0) is 51.3 Å².